The van der Waals surface area contributed by atoms with E-state index < -0.39 is 31.0 Å². The number of alkyl halides is 3. The van der Waals surface area contributed by atoms with Gasteiger partial charge in [-0.05, 0) is 5.56 Å². The fourth-order valence-electron chi connectivity index (χ4n) is 2.39. The lowest BCUT2D eigenvalue weighted by molar-refractivity contribution is -0.146. The van der Waals surface area contributed by atoms with Gasteiger partial charge in [-0.3, -0.25) is 9.59 Å². The lowest BCUT2D eigenvalue weighted by Gasteiger charge is -2.31. The fraction of sp³-hybridized carbons (Fsp3) is 0.500. The second-order valence-corrected chi connectivity index (χ2v) is 5.46. The van der Waals surface area contributed by atoms with Gasteiger partial charge in [0.25, 0.3) is 0 Å². The van der Waals surface area contributed by atoms with E-state index in [4.69, 9.17) is 4.74 Å². The number of nitrogens with one attached hydrogen (secondary N) is 1. The summed E-state index contributed by atoms with van der Waals surface area (Å²) < 4.78 is 42.0. The Kier molecular flexibility index (Phi) is 6.19. The summed E-state index contributed by atoms with van der Waals surface area (Å²) in [6, 6.07) is 7.49. The second kappa shape index (κ2) is 8.14. The molecule has 1 atom stereocenters. The van der Waals surface area contributed by atoms with Gasteiger partial charge in [-0.15, -0.1) is 0 Å². The van der Waals surface area contributed by atoms with Crippen LogP contribution in [0.3, 0.4) is 0 Å². The molecule has 0 bridgehead atoms. The van der Waals surface area contributed by atoms with Gasteiger partial charge in [-0.25, -0.2) is 0 Å². The van der Waals surface area contributed by atoms with Crippen molar-refractivity contribution in [3.8, 4) is 0 Å². The smallest absolute Gasteiger partial charge is 0.378 e. The molecule has 0 aliphatic carbocycles. The van der Waals surface area contributed by atoms with Gasteiger partial charge < -0.3 is 15.0 Å². The molecule has 1 fully saturated rings. The number of halogens is 3. The topological polar surface area (TPSA) is 58.6 Å². The first kappa shape index (κ1) is 18.3. The number of hydrogen-bond donors (Lipinski definition) is 1. The van der Waals surface area contributed by atoms with Crippen LogP contribution in [0.15, 0.2) is 30.3 Å². The molecule has 0 saturated carbocycles. The second-order valence-electron chi connectivity index (χ2n) is 5.46. The van der Waals surface area contributed by atoms with Crippen LogP contribution in [0.5, 0.6) is 0 Å². The molecule has 1 aromatic carbocycles. The van der Waals surface area contributed by atoms with Crippen molar-refractivity contribution in [2.75, 3.05) is 26.3 Å². The van der Waals surface area contributed by atoms with E-state index in [0.717, 1.165) is 0 Å². The Morgan fingerprint density at radius 1 is 1.17 bits per heavy atom. The molecule has 1 aromatic rings. The highest BCUT2D eigenvalue weighted by Gasteiger charge is 2.31. The number of carbonyl (C=O) groups excluding carboxylic acids is 2. The highest BCUT2D eigenvalue weighted by atomic mass is 19.4. The van der Waals surface area contributed by atoms with Crippen molar-refractivity contribution < 1.29 is 27.5 Å². The van der Waals surface area contributed by atoms with E-state index in [1.54, 1.807) is 35.2 Å². The van der Waals surface area contributed by atoms with Crippen LogP contribution in [0.25, 0.3) is 0 Å². The summed E-state index contributed by atoms with van der Waals surface area (Å²) in [6.45, 7) is 1.58. The molecule has 0 unspecified atom stereocenters. The summed E-state index contributed by atoms with van der Waals surface area (Å²) >= 11 is 0. The quantitative estimate of drug-likeness (QED) is 0.889. The molecule has 1 heterocycles. The van der Waals surface area contributed by atoms with Crippen molar-refractivity contribution >= 4 is 11.8 Å². The van der Waals surface area contributed by atoms with E-state index in [9.17, 15) is 22.8 Å². The summed E-state index contributed by atoms with van der Waals surface area (Å²) in [7, 11) is 0. The maximum absolute atomic E-state index is 12.7. The van der Waals surface area contributed by atoms with Gasteiger partial charge in [0.05, 0.1) is 19.6 Å². The van der Waals surface area contributed by atoms with Gasteiger partial charge in [0.1, 0.15) is 6.04 Å². The van der Waals surface area contributed by atoms with Gasteiger partial charge in [0.2, 0.25) is 11.8 Å². The minimum absolute atomic E-state index is 0.343. The average Bonchev–Trinajstić information content (AvgIpc) is 2.58. The number of benzene rings is 1. The first-order valence-corrected chi connectivity index (χ1v) is 7.64. The third-order valence-electron chi connectivity index (χ3n) is 3.64. The summed E-state index contributed by atoms with van der Waals surface area (Å²) in [5.41, 5.74) is 0.536. The van der Waals surface area contributed by atoms with Crippen molar-refractivity contribution in [1.29, 1.82) is 0 Å². The number of nitrogens with zero attached hydrogens (tertiary/aromatic N) is 1. The molecule has 5 nitrogen and oxygen atoms in total. The Hall–Kier alpha value is -2.09. The molecule has 132 valence electrons. The van der Waals surface area contributed by atoms with Crippen molar-refractivity contribution in [3.63, 3.8) is 0 Å². The molecule has 2 amide bonds. The van der Waals surface area contributed by atoms with Gasteiger partial charge >= 0.3 is 6.18 Å². The summed E-state index contributed by atoms with van der Waals surface area (Å²) in [6.07, 6.45) is -6.33. The van der Waals surface area contributed by atoms with E-state index in [1.807, 2.05) is 0 Å². The molecule has 0 radical (unpaired) electrons. The maximum atomic E-state index is 12.7. The molecule has 0 spiro atoms. The van der Waals surface area contributed by atoms with Crippen LogP contribution in [0, 0.1) is 0 Å². The SMILES string of the molecule is O=C(CCC(F)(F)F)N[C@H](C(=O)N1CCOCC1)c1ccccc1. The maximum Gasteiger partial charge on any atom is 0.389 e. The minimum atomic E-state index is -4.41. The highest BCUT2D eigenvalue weighted by molar-refractivity contribution is 5.88. The van der Waals surface area contributed by atoms with E-state index in [-0.39, 0.29) is 5.91 Å². The molecular weight excluding hydrogens is 325 g/mol. The van der Waals surface area contributed by atoms with Gasteiger partial charge in [-0.2, -0.15) is 13.2 Å². The minimum Gasteiger partial charge on any atom is -0.378 e. The van der Waals surface area contributed by atoms with Gasteiger partial charge in [0, 0.05) is 19.5 Å². The van der Waals surface area contributed by atoms with Crippen LogP contribution in [0.1, 0.15) is 24.4 Å². The number of carbonyl (C=O) groups is 2. The fourth-order valence-corrected chi connectivity index (χ4v) is 2.39. The monoisotopic (exact) mass is 344 g/mol. The number of rotatable bonds is 5. The summed E-state index contributed by atoms with van der Waals surface area (Å²) in [5, 5.41) is 2.43. The Bertz CT molecular complexity index is 557. The van der Waals surface area contributed by atoms with E-state index in [0.29, 0.717) is 31.9 Å². The summed E-state index contributed by atoms with van der Waals surface area (Å²) in [4.78, 5) is 26.1. The zero-order chi connectivity index (χ0) is 17.6. The predicted octanol–water partition coefficient (Wildman–Crippen LogP) is 2.05. The molecule has 1 aliphatic rings. The number of amides is 2. The zero-order valence-corrected chi connectivity index (χ0v) is 13.0. The Morgan fingerprint density at radius 3 is 2.38 bits per heavy atom. The molecule has 8 heteroatoms. The third-order valence-corrected chi connectivity index (χ3v) is 3.64. The predicted molar refractivity (Wildman–Crippen MR) is 80.0 cm³/mol. The van der Waals surface area contributed by atoms with E-state index >= 15 is 0 Å². The summed E-state index contributed by atoms with van der Waals surface area (Å²) in [5.74, 6) is -1.15. The zero-order valence-electron chi connectivity index (χ0n) is 13.0. The molecule has 2 rings (SSSR count). The van der Waals surface area contributed by atoms with Crippen molar-refractivity contribution in [2.45, 2.75) is 25.1 Å². The van der Waals surface area contributed by atoms with Crippen LogP contribution in [0.2, 0.25) is 0 Å². The van der Waals surface area contributed by atoms with Gasteiger partial charge in [0.15, 0.2) is 0 Å². The first-order valence-electron chi connectivity index (χ1n) is 7.64. The Balaban J connectivity index is 2.08. The normalized spacial score (nSPS) is 16.5. The lowest BCUT2D eigenvalue weighted by atomic mass is 10.0. The van der Waals surface area contributed by atoms with E-state index in [1.165, 1.54) is 0 Å². The van der Waals surface area contributed by atoms with E-state index in [2.05, 4.69) is 5.32 Å². The lowest BCUT2D eigenvalue weighted by Crippen LogP contribution is -2.47. The molecule has 1 aliphatic heterocycles. The number of ether oxygens (including phenoxy) is 1. The van der Waals surface area contributed by atoms with Crippen LogP contribution in [-0.2, 0) is 14.3 Å². The number of hydrogen-bond acceptors (Lipinski definition) is 3. The Labute approximate surface area is 137 Å². The van der Waals surface area contributed by atoms with Crippen LogP contribution in [-0.4, -0.2) is 49.2 Å². The van der Waals surface area contributed by atoms with Crippen molar-refractivity contribution in [1.82, 2.24) is 10.2 Å². The largest absolute Gasteiger partial charge is 0.389 e. The molecule has 24 heavy (non-hydrogen) atoms. The molecule has 1 N–H and O–H groups in total. The third kappa shape index (κ3) is 5.52. The first-order chi connectivity index (χ1) is 11.4. The molecule has 0 aromatic heterocycles. The Morgan fingerprint density at radius 2 is 1.79 bits per heavy atom. The van der Waals surface area contributed by atoms with Crippen LogP contribution < -0.4 is 5.32 Å². The van der Waals surface area contributed by atoms with Gasteiger partial charge in [-0.1, -0.05) is 30.3 Å². The van der Waals surface area contributed by atoms with Crippen molar-refractivity contribution in [2.24, 2.45) is 0 Å². The highest BCUT2D eigenvalue weighted by Crippen LogP contribution is 2.22. The van der Waals surface area contributed by atoms with Crippen LogP contribution >= 0.6 is 0 Å². The standard InChI is InChI=1S/C16H19F3N2O3/c17-16(18,19)7-6-13(22)20-14(12-4-2-1-3-5-12)15(23)21-8-10-24-11-9-21/h1-5,14H,6-11H2,(H,20,22)/t14-/m0/s1. The molecular formula is C16H19F3N2O3. The average molecular weight is 344 g/mol. The number of morpholine rings is 1. The van der Waals surface area contributed by atoms with Crippen LogP contribution in [0.4, 0.5) is 13.2 Å². The molecule has 1 saturated heterocycles. The van der Waals surface area contributed by atoms with Crippen molar-refractivity contribution in [3.05, 3.63) is 35.9 Å².